The molecule has 0 bridgehead atoms. The van der Waals surface area contributed by atoms with E-state index < -0.39 is 22.4 Å². The van der Waals surface area contributed by atoms with Gasteiger partial charge in [0, 0.05) is 32.2 Å². The van der Waals surface area contributed by atoms with Gasteiger partial charge in [-0.1, -0.05) is 0 Å². The molecule has 0 spiro atoms. The van der Waals surface area contributed by atoms with Crippen molar-refractivity contribution in [2.75, 3.05) is 31.5 Å². The number of nitrogens with one attached hydrogen (secondary N) is 3. The van der Waals surface area contributed by atoms with Crippen LogP contribution in [0, 0.1) is 10.1 Å². The third-order valence-corrected chi connectivity index (χ3v) is 3.15. The second kappa shape index (κ2) is 8.89. The van der Waals surface area contributed by atoms with E-state index in [2.05, 4.69) is 20.9 Å². The standard InChI is InChI=1S/C13H16F3N5O2.HI/c14-13(15,16)9-2-3-10(11(8-9)21(22)23)17-6-7-20-12-18-4-1-5-19-12;/h2-3,8,17H,1,4-7H2,(H2,18,19,20);1H. The molecule has 0 radical (unpaired) electrons. The topological polar surface area (TPSA) is 91.6 Å². The first-order chi connectivity index (χ1) is 10.9. The molecule has 7 nitrogen and oxygen atoms in total. The molecule has 24 heavy (non-hydrogen) atoms. The van der Waals surface area contributed by atoms with Gasteiger partial charge in [-0.05, 0) is 18.6 Å². The fourth-order valence-corrected chi connectivity index (χ4v) is 2.04. The number of alkyl halides is 3. The number of aliphatic imine (C=N–C) groups is 1. The highest BCUT2D eigenvalue weighted by Crippen LogP contribution is 2.34. The Hall–Kier alpha value is -1.79. The number of benzene rings is 1. The Kier molecular flexibility index (Phi) is 7.51. The zero-order valence-electron chi connectivity index (χ0n) is 12.5. The third-order valence-electron chi connectivity index (χ3n) is 3.15. The Labute approximate surface area is 153 Å². The first-order valence-electron chi connectivity index (χ1n) is 6.99. The zero-order chi connectivity index (χ0) is 16.9. The molecule has 1 aromatic rings. The van der Waals surface area contributed by atoms with Crippen LogP contribution >= 0.6 is 24.0 Å². The summed E-state index contributed by atoms with van der Waals surface area (Å²) < 4.78 is 37.8. The molecule has 0 unspecified atom stereocenters. The van der Waals surface area contributed by atoms with E-state index in [4.69, 9.17) is 0 Å². The average Bonchev–Trinajstić information content (AvgIpc) is 2.51. The summed E-state index contributed by atoms with van der Waals surface area (Å²) in [5.41, 5.74) is -1.61. The largest absolute Gasteiger partial charge is 0.416 e. The normalized spacial score (nSPS) is 14.0. The van der Waals surface area contributed by atoms with Crippen LogP contribution in [0.4, 0.5) is 24.5 Å². The highest BCUT2D eigenvalue weighted by molar-refractivity contribution is 14.0. The highest BCUT2D eigenvalue weighted by atomic mass is 127. The summed E-state index contributed by atoms with van der Waals surface area (Å²) in [5, 5.41) is 19.7. The fraction of sp³-hybridized carbons (Fsp3) is 0.462. The first kappa shape index (κ1) is 20.3. The molecule has 3 N–H and O–H groups in total. The smallest absolute Gasteiger partial charge is 0.378 e. The molecular weight excluding hydrogens is 442 g/mol. The van der Waals surface area contributed by atoms with Gasteiger partial charge in [0.25, 0.3) is 5.69 Å². The molecule has 11 heteroatoms. The van der Waals surface area contributed by atoms with Crippen molar-refractivity contribution in [2.45, 2.75) is 12.6 Å². The number of nitro benzene ring substituents is 1. The van der Waals surface area contributed by atoms with Crippen LogP contribution in [0.3, 0.4) is 0 Å². The predicted octanol–water partition coefficient (Wildman–Crippen LogP) is 2.58. The number of guanidine groups is 1. The van der Waals surface area contributed by atoms with Gasteiger partial charge in [-0.25, -0.2) is 0 Å². The van der Waals surface area contributed by atoms with Crippen molar-refractivity contribution in [3.05, 3.63) is 33.9 Å². The van der Waals surface area contributed by atoms with Gasteiger partial charge in [0.2, 0.25) is 0 Å². The Morgan fingerprint density at radius 1 is 1.29 bits per heavy atom. The van der Waals surface area contributed by atoms with Crippen LogP contribution in [0.15, 0.2) is 23.2 Å². The van der Waals surface area contributed by atoms with Crippen molar-refractivity contribution in [1.29, 1.82) is 0 Å². The number of rotatable bonds is 5. The van der Waals surface area contributed by atoms with Crippen molar-refractivity contribution in [1.82, 2.24) is 10.6 Å². The molecule has 0 aliphatic carbocycles. The van der Waals surface area contributed by atoms with Crippen LogP contribution < -0.4 is 16.0 Å². The van der Waals surface area contributed by atoms with E-state index in [0.717, 1.165) is 31.6 Å². The van der Waals surface area contributed by atoms with E-state index in [9.17, 15) is 23.3 Å². The lowest BCUT2D eigenvalue weighted by molar-refractivity contribution is -0.384. The van der Waals surface area contributed by atoms with Gasteiger partial charge in [-0.2, -0.15) is 13.2 Å². The summed E-state index contributed by atoms with van der Waals surface area (Å²) in [7, 11) is 0. The summed E-state index contributed by atoms with van der Waals surface area (Å²) in [6.45, 7) is 2.27. The van der Waals surface area contributed by atoms with E-state index in [-0.39, 0.29) is 29.7 Å². The SMILES string of the molecule is I.O=[N+]([O-])c1cc(C(F)(F)F)ccc1NCCNC1=NCCCN1. The van der Waals surface area contributed by atoms with Crippen molar-refractivity contribution in [2.24, 2.45) is 4.99 Å². The predicted molar refractivity (Wildman–Crippen MR) is 94.9 cm³/mol. The zero-order valence-corrected chi connectivity index (χ0v) is 14.9. The van der Waals surface area contributed by atoms with Gasteiger partial charge < -0.3 is 16.0 Å². The molecule has 134 valence electrons. The first-order valence-corrected chi connectivity index (χ1v) is 6.99. The Bertz CT molecular complexity index is 610. The lowest BCUT2D eigenvalue weighted by atomic mass is 10.1. The van der Waals surface area contributed by atoms with E-state index in [1.54, 1.807) is 0 Å². The van der Waals surface area contributed by atoms with Crippen molar-refractivity contribution in [3.8, 4) is 0 Å². The molecule has 0 fully saturated rings. The number of nitro groups is 1. The number of anilines is 1. The minimum absolute atomic E-state index is 0. The lowest BCUT2D eigenvalue weighted by Gasteiger charge is -2.16. The minimum atomic E-state index is -4.62. The van der Waals surface area contributed by atoms with E-state index >= 15 is 0 Å². The van der Waals surface area contributed by atoms with Crippen LogP contribution in [0.5, 0.6) is 0 Å². The van der Waals surface area contributed by atoms with Gasteiger partial charge in [-0.3, -0.25) is 15.1 Å². The highest BCUT2D eigenvalue weighted by Gasteiger charge is 2.32. The van der Waals surface area contributed by atoms with E-state index in [1.165, 1.54) is 0 Å². The summed E-state index contributed by atoms with van der Waals surface area (Å²) >= 11 is 0. The maximum Gasteiger partial charge on any atom is 0.416 e. The molecule has 1 heterocycles. The maximum atomic E-state index is 12.6. The van der Waals surface area contributed by atoms with Crippen LogP contribution in [-0.2, 0) is 6.18 Å². The number of nitrogens with zero attached hydrogens (tertiary/aromatic N) is 2. The van der Waals surface area contributed by atoms with Crippen LogP contribution in [0.2, 0.25) is 0 Å². The molecular formula is C13H17F3IN5O2. The average molecular weight is 459 g/mol. The Morgan fingerprint density at radius 3 is 2.58 bits per heavy atom. The number of hydrogen-bond donors (Lipinski definition) is 3. The monoisotopic (exact) mass is 459 g/mol. The Morgan fingerprint density at radius 2 is 2.00 bits per heavy atom. The maximum absolute atomic E-state index is 12.6. The van der Waals surface area contributed by atoms with Gasteiger partial charge in [0.15, 0.2) is 5.96 Å². The molecule has 0 atom stereocenters. The molecule has 0 saturated carbocycles. The summed E-state index contributed by atoms with van der Waals surface area (Å²) in [6, 6.07) is 2.41. The van der Waals surface area contributed by atoms with Crippen molar-refractivity contribution >= 4 is 41.3 Å². The number of halogens is 4. The third kappa shape index (κ3) is 5.69. The van der Waals surface area contributed by atoms with Crippen molar-refractivity contribution < 1.29 is 18.1 Å². The quantitative estimate of drug-likeness (QED) is 0.273. The molecule has 1 aromatic carbocycles. The molecule has 2 rings (SSSR count). The molecule has 0 saturated heterocycles. The molecule has 0 aromatic heterocycles. The summed E-state index contributed by atoms with van der Waals surface area (Å²) in [4.78, 5) is 14.3. The van der Waals surface area contributed by atoms with Crippen LogP contribution in [-0.4, -0.2) is 37.1 Å². The lowest BCUT2D eigenvalue weighted by Crippen LogP contribution is -2.42. The fourth-order valence-electron chi connectivity index (χ4n) is 2.04. The minimum Gasteiger partial charge on any atom is -0.378 e. The van der Waals surface area contributed by atoms with Gasteiger partial charge in [0.05, 0.1) is 10.5 Å². The Balaban J connectivity index is 0.00000288. The van der Waals surface area contributed by atoms with Gasteiger partial charge >= 0.3 is 6.18 Å². The van der Waals surface area contributed by atoms with Crippen LogP contribution in [0.1, 0.15) is 12.0 Å². The van der Waals surface area contributed by atoms with E-state index in [0.29, 0.717) is 25.1 Å². The second-order valence-electron chi connectivity index (χ2n) is 4.85. The molecule has 1 aliphatic rings. The molecule has 0 amide bonds. The summed E-state index contributed by atoms with van der Waals surface area (Å²) in [5.74, 6) is 0.653. The van der Waals surface area contributed by atoms with Gasteiger partial charge in [0.1, 0.15) is 5.69 Å². The van der Waals surface area contributed by atoms with Crippen molar-refractivity contribution in [3.63, 3.8) is 0 Å². The molecule has 1 aliphatic heterocycles. The van der Waals surface area contributed by atoms with E-state index in [1.807, 2.05) is 0 Å². The summed E-state index contributed by atoms with van der Waals surface area (Å²) in [6.07, 6.45) is -3.66. The van der Waals surface area contributed by atoms with Gasteiger partial charge in [-0.15, -0.1) is 24.0 Å². The number of hydrogen-bond acceptors (Lipinski definition) is 6. The van der Waals surface area contributed by atoms with Crippen LogP contribution in [0.25, 0.3) is 0 Å². The second-order valence-corrected chi connectivity index (χ2v) is 4.85.